The van der Waals surface area contributed by atoms with Crippen molar-refractivity contribution in [3.8, 4) is 5.75 Å². The van der Waals surface area contributed by atoms with Crippen LogP contribution < -0.4 is 15.4 Å². The largest absolute Gasteiger partial charge is 0.482 e. The topological polar surface area (TPSA) is 85.3 Å². The van der Waals surface area contributed by atoms with Gasteiger partial charge in [0, 0.05) is 24.0 Å². The number of nitrogens with one attached hydrogen (secondary N) is 2. The molecule has 0 aliphatic carbocycles. The third-order valence-corrected chi connectivity index (χ3v) is 3.89. The van der Waals surface area contributed by atoms with E-state index in [1.54, 1.807) is 22.9 Å². The fourth-order valence-corrected chi connectivity index (χ4v) is 2.60. The van der Waals surface area contributed by atoms with Crippen LogP contribution in [0.25, 0.3) is 0 Å². The van der Waals surface area contributed by atoms with Gasteiger partial charge in [-0.25, -0.2) is 0 Å². The van der Waals surface area contributed by atoms with Gasteiger partial charge in [0.2, 0.25) is 5.91 Å². The van der Waals surface area contributed by atoms with Gasteiger partial charge in [-0.15, -0.1) is 0 Å². The Morgan fingerprint density at radius 3 is 2.91 bits per heavy atom. The Balaban J connectivity index is 1.73. The van der Waals surface area contributed by atoms with Gasteiger partial charge in [-0.3, -0.25) is 14.3 Å². The summed E-state index contributed by atoms with van der Waals surface area (Å²) in [5.74, 6) is 0.260. The van der Waals surface area contributed by atoms with Crippen LogP contribution in [0.2, 0.25) is 0 Å². The van der Waals surface area contributed by atoms with Crippen LogP contribution >= 0.6 is 0 Å². The first-order chi connectivity index (χ1) is 10.9. The quantitative estimate of drug-likeness (QED) is 0.900. The average Bonchev–Trinajstić information content (AvgIpc) is 2.73. The van der Waals surface area contributed by atoms with Crippen molar-refractivity contribution < 1.29 is 14.3 Å². The third kappa shape index (κ3) is 3.03. The normalized spacial score (nSPS) is 13.1. The summed E-state index contributed by atoms with van der Waals surface area (Å²) in [6.07, 6.45) is 0.255. The van der Waals surface area contributed by atoms with E-state index in [1.807, 2.05) is 20.9 Å². The molecule has 0 fully saturated rings. The SMILES string of the molecule is Cc1nn(C)c(C)c1CC(=O)Nc1ccc2c(c1)NC(=O)CO2. The number of aromatic nitrogens is 2. The van der Waals surface area contributed by atoms with Crippen LogP contribution in [0.1, 0.15) is 17.0 Å². The Morgan fingerprint density at radius 2 is 2.22 bits per heavy atom. The second kappa shape index (κ2) is 5.75. The fourth-order valence-electron chi connectivity index (χ4n) is 2.60. The van der Waals surface area contributed by atoms with E-state index in [2.05, 4.69) is 15.7 Å². The van der Waals surface area contributed by atoms with Crippen molar-refractivity contribution in [3.63, 3.8) is 0 Å². The molecule has 2 amide bonds. The van der Waals surface area contributed by atoms with Crippen LogP contribution in [-0.4, -0.2) is 28.2 Å². The maximum Gasteiger partial charge on any atom is 0.262 e. The minimum Gasteiger partial charge on any atom is -0.482 e. The summed E-state index contributed by atoms with van der Waals surface area (Å²) in [4.78, 5) is 23.6. The molecule has 120 valence electrons. The summed E-state index contributed by atoms with van der Waals surface area (Å²) in [7, 11) is 1.86. The molecule has 2 N–H and O–H groups in total. The van der Waals surface area contributed by atoms with Crippen molar-refractivity contribution in [2.45, 2.75) is 20.3 Å². The van der Waals surface area contributed by atoms with Gasteiger partial charge in [0.05, 0.1) is 17.8 Å². The molecule has 0 radical (unpaired) electrons. The molecule has 1 aromatic heterocycles. The number of rotatable bonds is 3. The van der Waals surface area contributed by atoms with Crippen LogP contribution in [0.5, 0.6) is 5.75 Å². The monoisotopic (exact) mass is 314 g/mol. The second-order valence-corrected chi connectivity index (χ2v) is 5.55. The molecule has 0 saturated heterocycles. The maximum atomic E-state index is 12.3. The number of benzene rings is 1. The average molecular weight is 314 g/mol. The molecular formula is C16H18N4O3. The number of nitrogens with zero attached hydrogens (tertiary/aromatic N) is 2. The maximum absolute atomic E-state index is 12.3. The molecule has 7 heteroatoms. The van der Waals surface area contributed by atoms with Crippen molar-refractivity contribution >= 4 is 23.2 Å². The number of carbonyl (C=O) groups is 2. The smallest absolute Gasteiger partial charge is 0.262 e. The Labute approximate surface area is 133 Å². The Hall–Kier alpha value is -2.83. The van der Waals surface area contributed by atoms with Gasteiger partial charge in [0.15, 0.2) is 6.61 Å². The minimum absolute atomic E-state index is 0.0122. The zero-order valence-corrected chi connectivity index (χ0v) is 13.3. The molecule has 1 aliphatic heterocycles. The molecule has 3 rings (SSSR count). The van der Waals surface area contributed by atoms with Gasteiger partial charge in [0.25, 0.3) is 5.91 Å². The van der Waals surface area contributed by atoms with Gasteiger partial charge in [-0.2, -0.15) is 5.10 Å². The molecule has 23 heavy (non-hydrogen) atoms. The predicted octanol–water partition coefficient (Wildman–Crippen LogP) is 1.55. The van der Waals surface area contributed by atoms with E-state index in [9.17, 15) is 9.59 Å². The van der Waals surface area contributed by atoms with Crippen LogP contribution in [0.3, 0.4) is 0 Å². The second-order valence-electron chi connectivity index (χ2n) is 5.55. The van der Waals surface area contributed by atoms with Crippen LogP contribution in [-0.2, 0) is 23.1 Å². The van der Waals surface area contributed by atoms with E-state index in [1.165, 1.54) is 0 Å². The van der Waals surface area contributed by atoms with E-state index >= 15 is 0 Å². The van der Waals surface area contributed by atoms with Crippen molar-refractivity contribution in [1.29, 1.82) is 0 Å². The standard InChI is InChI=1S/C16H18N4O3/c1-9-12(10(2)20(3)19-9)7-15(21)17-11-4-5-14-13(6-11)18-16(22)8-23-14/h4-6H,7-8H2,1-3H3,(H,17,21)(H,18,22). The molecule has 0 unspecified atom stereocenters. The number of aryl methyl sites for hydroxylation is 2. The Kier molecular flexibility index (Phi) is 3.77. The molecule has 1 aliphatic rings. The van der Waals surface area contributed by atoms with Crippen molar-refractivity contribution in [2.75, 3.05) is 17.2 Å². The number of carbonyl (C=O) groups excluding carboxylic acids is 2. The van der Waals surface area contributed by atoms with E-state index in [-0.39, 0.29) is 24.8 Å². The Morgan fingerprint density at radius 1 is 1.43 bits per heavy atom. The first kappa shape index (κ1) is 15.1. The summed E-state index contributed by atoms with van der Waals surface area (Å²) in [6.45, 7) is 3.84. The van der Waals surface area contributed by atoms with Gasteiger partial charge < -0.3 is 15.4 Å². The first-order valence-corrected chi connectivity index (χ1v) is 7.29. The van der Waals surface area contributed by atoms with E-state index in [4.69, 9.17) is 4.74 Å². The van der Waals surface area contributed by atoms with E-state index in [0.29, 0.717) is 17.1 Å². The molecule has 7 nitrogen and oxygen atoms in total. The number of hydrogen-bond donors (Lipinski definition) is 2. The van der Waals surface area contributed by atoms with Crippen LogP contribution in [0, 0.1) is 13.8 Å². The molecule has 1 aromatic carbocycles. The van der Waals surface area contributed by atoms with Gasteiger partial charge >= 0.3 is 0 Å². The van der Waals surface area contributed by atoms with E-state index < -0.39 is 0 Å². The fraction of sp³-hybridized carbons (Fsp3) is 0.312. The number of anilines is 2. The van der Waals surface area contributed by atoms with E-state index in [0.717, 1.165) is 17.0 Å². The lowest BCUT2D eigenvalue weighted by Crippen LogP contribution is -2.25. The highest BCUT2D eigenvalue weighted by molar-refractivity contribution is 5.98. The van der Waals surface area contributed by atoms with Gasteiger partial charge in [0.1, 0.15) is 5.75 Å². The van der Waals surface area contributed by atoms with Crippen molar-refractivity contribution in [3.05, 3.63) is 35.2 Å². The molecule has 0 spiro atoms. The molecular weight excluding hydrogens is 296 g/mol. The summed E-state index contributed by atoms with van der Waals surface area (Å²) in [6, 6.07) is 5.16. The summed E-state index contributed by atoms with van der Waals surface area (Å²) >= 11 is 0. The first-order valence-electron chi connectivity index (χ1n) is 7.29. The third-order valence-electron chi connectivity index (χ3n) is 3.89. The zero-order chi connectivity index (χ0) is 16.6. The molecule has 0 saturated carbocycles. The highest BCUT2D eigenvalue weighted by Crippen LogP contribution is 2.30. The van der Waals surface area contributed by atoms with Crippen molar-refractivity contribution in [1.82, 2.24) is 9.78 Å². The van der Waals surface area contributed by atoms with Gasteiger partial charge in [-0.05, 0) is 32.0 Å². The lowest BCUT2D eigenvalue weighted by atomic mass is 10.1. The van der Waals surface area contributed by atoms with Crippen LogP contribution in [0.15, 0.2) is 18.2 Å². The van der Waals surface area contributed by atoms with Gasteiger partial charge in [-0.1, -0.05) is 0 Å². The number of amides is 2. The molecule has 0 bridgehead atoms. The zero-order valence-electron chi connectivity index (χ0n) is 13.3. The lowest BCUT2D eigenvalue weighted by Gasteiger charge is -2.18. The molecule has 2 heterocycles. The molecule has 2 aromatic rings. The minimum atomic E-state index is -0.206. The lowest BCUT2D eigenvalue weighted by molar-refractivity contribution is -0.118. The highest BCUT2D eigenvalue weighted by atomic mass is 16.5. The number of hydrogen-bond acceptors (Lipinski definition) is 4. The Bertz CT molecular complexity index is 795. The van der Waals surface area contributed by atoms with Crippen molar-refractivity contribution in [2.24, 2.45) is 7.05 Å². The summed E-state index contributed by atoms with van der Waals surface area (Å²) < 4.78 is 7.06. The summed E-state index contributed by atoms with van der Waals surface area (Å²) in [5.41, 5.74) is 3.93. The van der Waals surface area contributed by atoms with Crippen LogP contribution in [0.4, 0.5) is 11.4 Å². The number of fused-ring (bicyclic) bond motifs is 1. The summed E-state index contributed by atoms with van der Waals surface area (Å²) in [5, 5.41) is 9.86. The number of ether oxygens (including phenoxy) is 1. The predicted molar refractivity (Wildman–Crippen MR) is 85.6 cm³/mol. The molecule has 0 atom stereocenters. The highest BCUT2D eigenvalue weighted by Gasteiger charge is 2.17.